The van der Waals surface area contributed by atoms with Crippen LogP contribution in [-0.4, -0.2) is 27.6 Å². The number of hydrogen-bond donors (Lipinski definition) is 0. The largest absolute Gasteiger partial charge is 0.465 e. The van der Waals surface area contributed by atoms with Crippen molar-refractivity contribution in [2.45, 2.75) is 19.1 Å². The Labute approximate surface area is 176 Å². The van der Waals surface area contributed by atoms with Crippen molar-refractivity contribution in [3.63, 3.8) is 0 Å². The predicted molar refractivity (Wildman–Crippen MR) is 109 cm³/mol. The van der Waals surface area contributed by atoms with E-state index < -0.39 is 17.7 Å². The lowest BCUT2D eigenvalue weighted by Gasteiger charge is -2.09. The van der Waals surface area contributed by atoms with Gasteiger partial charge < -0.3 is 9.30 Å². The number of halogens is 3. The number of aromatic nitrogens is 3. The Kier molecular flexibility index (Phi) is 5.46. The highest BCUT2D eigenvalue weighted by molar-refractivity contribution is 5.90. The zero-order valence-corrected chi connectivity index (χ0v) is 16.6. The van der Waals surface area contributed by atoms with Crippen LogP contribution in [0.15, 0.2) is 67.1 Å². The number of rotatable bonds is 5. The minimum atomic E-state index is -4.33. The molecule has 5 nitrogen and oxygen atoms in total. The SMILES string of the molecule is COC(=O)c1ccnc(-c2cc3ccn(CCc4ccc(C(F)(F)F)cc4)c3cn2)c1. The molecule has 0 saturated heterocycles. The van der Waals surface area contributed by atoms with Crippen molar-refractivity contribution in [2.24, 2.45) is 0 Å². The van der Waals surface area contributed by atoms with Crippen LogP contribution < -0.4 is 0 Å². The monoisotopic (exact) mass is 425 g/mol. The summed E-state index contributed by atoms with van der Waals surface area (Å²) in [6, 6.07) is 12.2. The Morgan fingerprint density at radius 2 is 1.77 bits per heavy atom. The quantitative estimate of drug-likeness (QED) is 0.415. The summed E-state index contributed by atoms with van der Waals surface area (Å²) in [5.41, 5.74) is 2.65. The molecule has 0 unspecified atom stereocenters. The highest BCUT2D eigenvalue weighted by Crippen LogP contribution is 2.29. The zero-order valence-electron chi connectivity index (χ0n) is 16.6. The third-order valence-corrected chi connectivity index (χ3v) is 5.02. The van der Waals surface area contributed by atoms with Crippen molar-refractivity contribution in [3.8, 4) is 11.4 Å². The van der Waals surface area contributed by atoms with E-state index in [1.165, 1.54) is 25.4 Å². The second-order valence-corrected chi connectivity index (χ2v) is 7.00. The number of alkyl halides is 3. The van der Waals surface area contributed by atoms with Gasteiger partial charge >= 0.3 is 12.1 Å². The third-order valence-electron chi connectivity index (χ3n) is 5.02. The van der Waals surface area contributed by atoms with Gasteiger partial charge in [-0.2, -0.15) is 13.2 Å². The molecule has 0 amide bonds. The standard InChI is InChI=1S/C23H18F3N3O2/c1-31-22(30)17-6-9-27-19(13-17)20-12-16-8-11-29(21(16)14-28-20)10-7-15-2-4-18(5-3-15)23(24,25)26/h2-6,8-9,11-14H,7,10H2,1H3. The summed E-state index contributed by atoms with van der Waals surface area (Å²) in [7, 11) is 1.32. The summed E-state index contributed by atoms with van der Waals surface area (Å²) in [5.74, 6) is -0.445. The fraction of sp³-hybridized carbons (Fsp3) is 0.174. The van der Waals surface area contributed by atoms with Crippen LogP contribution in [0.25, 0.3) is 22.3 Å². The molecular formula is C23H18F3N3O2. The molecule has 0 spiro atoms. The number of ether oxygens (including phenoxy) is 1. The number of aryl methyl sites for hydroxylation is 2. The first-order valence-corrected chi connectivity index (χ1v) is 9.51. The Bertz CT molecular complexity index is 1230. The van der Waals surface area contributed by atoms with Crippen LogP contribution in [0.4, 0.5) is 13.2 Å². The van der Waals surface area contributed by atoms with Gasteiger partial charge in [0.1, 0.15) is 0 Å². The molecule has 158 valence electrons. The summed E-state index contributed by atoms with van der Waals surface area (Å²) < 4.78 is 44.8. The smallest absolute Gasteiger partial charge is 0.416 e. The third kappa shape index (κ3) is 4.42. The van der Waals surface area contributed by atoms with Crippen LogP contribution >= 0.6 is 0 Å². The fourth-order valence-electron chi connectivity index (χ4n) is 3.35. The summed E-state index contributed by atoms with van der Waals surface area (Å²) in [6.45, 7) is 0.603. The van der Waals surface area contributed by atoms with Crippen molar-refractivity contribution in [2.75, 3.05) is 7.11 Å². The van der Waals surface area contributed by atoms with Gasteiger partial charge in [0, 0.05) is 24.3 Å². The molecule has 31 heavy (non-hydrogen) atoms. The van der Waals surface area contributed by atoms with E-state index in [0.29, 0.717) is 29.9 Å². The number of hydrogen-bond acceptors (Lipinski definition) is 4. The molecule has 4 aromatic rings. The molecule has 8 heteroatoms. The molecule has 0 N–H and O–H groups in total. The lowest BCUT2D eigenvalue weighted by atomic mass is 10.1. The van der Waals surface area contributed by atoms with E-state index in [1.54, 1.807) is 18.3 Å². The van der Waals surface area contributed by atoms with Crippen molar-refractivity contribution in [1.82, 2.24) is 14.5 Å². The average molecular weight is 425 g/mol. The van der Waals surface area contributed by atoms with E-state index in [-0.39, 0.29) is 0 Å². The van der Waals surface area contributed by atoms with Gasteiger partial charge in [0.15, 0.2) is 0 Å². The molecule has 0 atom stereocenters. The van der Waals surface area contributed by atoms with Gasteiger partial charge in [0.2, 0.25) is 0 Å². The number of carbonyl (C=O) groups excluding carboxylic acids is 1. The Hall–Kier alpha value is -3.68. The number of nitrogens with zero attached hydrogens (tertiary/aromatic N) is 3. The number of benzene rings is 1. The molecule has 0 aliphatic heterocycles. The maximum atomic E-state index is 12.7. The molecule has 0 fully saturated rings. The number of esters is 1. The second kappa shape index (κ2) is 8.22. The first-order chi connectivity index (χ1) is 14.8. The molecule has 0 bridgehead atoms. The van der Waals surface area contributed by atoms with Gasteiger partial charge in [-0.1, -0.05) is 12.1 Å². The molecule has 0 aliphatic rings. The number of fused-ring (bicyclic) bond motifs is 1. The second-order valence-electron chi connectivity index (χ2n) is 7.00. The van der Waals surface area contributed by atoms with Crippen LogP contribution in [0, 0.1) is 0 Å². The Morgan fingerprint density at radius 3 is 2.48 bits per heavy atom. The average Bonchev–Trinajstić information content (AvgIpc) is 3.19. The van der Waals surface area contributed by atoms with E-state index in [2.05, 4.69) is 9.97 Å². The number of methoxy groups -OCH3 is 1. The molecule has 1 aromatic carbocycles. The van der Waals surface area contributed by atoms with E-state index in [1.807, 2.05) is 22.9 Å². The molecule has 3 heterocycles. The van der Waals surface area contributed by atoms with Gasteiger partial charge in [0.25, 0.3) is 0 Å². The van der Waals surface area contributed by atoms with Crippen LogP contribution in [-0.2, 0) is 23.9 Å². The Balaban J connectivity index is 1.52. The van der Waals surface area contributed by atoms with Gasteiger partial charge in [-0.3, -0.25) is 9.97 Å². The van der Waals surface area contributed by atoms with E-state index in [9.17, 15) is 18.0 Å². The Morgan fingerprint density at radius 1 is 1.03 bits per heavy atom. The van der Waals surface area contributed by atoms with E-state index in [0.717, 1.165) is 28.6 Å². The molecule has 3 aromatic heterocycles. The molecule has 4 rings (SSSR count). The van der Waals surface area contributed by atoms with Crippen molar-refractivity contribution >= 4 is 16.9 Å². The minimum absolute atomic E-state index is 0.392. The number of pyridine rings is 2. The fourth-order valence-corrected chi connectivity index (χ4v) is 3.35. The molecule has 0 radical (unpaired) electrons. The van der Waals surface area contributed by atoms with Crippen LogP contribution in [0.1, 0.15) is 21.5 Å². The summed E-state index contributed by atoms with van der Waals surface area (Å²) in [4.78, 5) is 20.5. The summed E-state index contributed by atoms with van der Waals surface area (Å²) in [6.07, 6.45) is 1.43. The highest BCUT2D eigenvalue weighted by atomic mass is 19.4. The maximum absolute atomic E-state index is 12.7. The summed E-state index contributed by atoms with van der Waals surface area (Å²) >= 11 is 0. The zero-order chi connectivity index (χ0) is 22.0. The lowest BCUT2D eigenvalue weighted by molar-refractivity contribution is -0.137. The van der Waals surface area contributed by atoms with Gasteiger partial charge in [-0.15, -0.1) is 0 Å². The first-order valence-electron chi connectivity index (χ1n) is 9.51. The van der Waals surface area contributed by atoms with Crippen molar-refractivity contribution in [3.05, 3.63) is 83.8 Å². The maximum Gasteiger partial charge on any atom is 0.416 e. The first kappa shape index (κ1) is 20.6. The highest BCUT2D eigenvalue weighted by Gasteiger charge is 2.29. The lowest BCUT2D eigenvalue weighted by Crippen LogP contribution is -2.05. The van der Waals surface area contributed by atoms with Gasteiger partial charge in [0.05, 0.1) is 41.3 Å². The number of carbonyl (C=O) groups is 1. The molecule has 0 aliphatic carbocycles. The van der Waals surface area contributed by atoms with Gasteiger partial charge in [-0.05, 0) is 48.4 Å². The predicted octanol–water partition coefficient (Wildman–Crippen LogP) is 5.15. The van der Waals surface area contributed by atoms with Gasteiger partial charge in [-0.25, -0.2) is 4.79 Å². The van der Waals surface area contributed by atoms with Crippen LogP contribution in [0.5, 0.6) is 0 Å². The van der Waals surface area contributed by atoms with Crippen molar-refractivity contribution < 1.29 is 22.7 Å². The molecule has 0 saturated carbocycles. The molecular weight excluding hydrogens is 407 g/mol. The van der Waals surface area contributed by atoms with Crippen LogP contribution in [0.2, 0.25) is 0 Å². The normalized spacial score (nSPS) is 11.6. The van der Waals surface area contributed by atoms with Crippen molar-refractivity contribution in [1.29, 1.82) is 0 Å². The van der Waals surface area contributed by atoms with Crippen LogP contribution in [0.3, 0.4) is 0 Å². The topological polar surface area (TPSA) is 57.0 Å². The minimum Gasteiger partial charge on any atom is -0.465 e. The summed E-state index contributed by atoms with van der Waals surface area (Å²) in [5, 5.41) is 0.947. The van der Waals surface area contributed by atoms with E-state index in [4.69, 9.17) is 4.74 Å². The van der Waals surface area contributed by atoms with E-state index >= 15 is 0 Å².